The molecule has 0 saturated carbocycles. The molecule has 0 unspecified atom stereocenters. The first-order valence-electron chi connectivity index (χ1n) is 4.01. The molecule has 2 aromatic rings. The topological polar surface area (TPSA) is 20.2 Å². The molecule has 1 aromatic heterocycles. The highest BCUT2D eigenvalue weighted by atomic mass is 79.9. The largest absolute Gasteiger partial charge is 0.391 e. The van der Waals surface area contributed by atoms with Crippen LogP contribution < -0.4 is 0 Å². The van der Waals surface area contributed by atoms with Gasteiger partial charge in [-0.05, 0) is 34.5 Å². The lowest BCUT2D eigenvalue weighted by Gasteiger charge is -1.92. The SMILES string of the molecule is Cc1ccc2c(Br)c(CO)sc2c1. The van der Waals surface area contributed by atoms with Gasteiger partial charge in [0, 0.05) is 19.4 Å². The molecule has 0 fully saturated rings. The summed E-state index contributed by atoms with van der Waals surface area (Å²) in [6, 6.07) is 6.31. The summed E-state index contributed by atoms with van der Waals surface area (Å²) in [7, 11) is 0. The van der Waals surface area contributed by atoms with E-state index < -0.39 is 0 Å². The fraction of sp³-hybridized carbons (Fsp3) is 0.200. The lowest BCUT2D eigenvalue weighted by Crippen LogP contribution is -1.74. The fourth-order valence-corrected chi connectivity index (χ4v) is 3.22. The predicted molar refractivity (Wildman–Crippen MR) is 60.2 cm³/mol. The van der Waals surface area contributed by atoms with Crippen LogP contribution in [0, 0.1) is 6.92 Å². The predicted octanol–water partition coefficient (Wildman–Crippen LogP) is 3.46. The molecule has 0 bridgehead atoms. The van der Waals surface area contributed by atoms with E-state index in [1.54, 1.807) is 11.3 Å². The van der Waals surface area contributed by atoms with Crippen molar-refractivity contribution in [2.24, 2.45) is 0 Å². The van der Waals surface area contributed by atoms with E-state index in [1.807, 2.05) is 0 Å². The number of benzene rings is 1. The Balaban J connectivity index is 2.76. The van der Waals surface area contributed by atoms with Crippen LogP contribution in [-0.2, 0) is 6.61 Å². The van der Waals surface area contributed by atoms with Crippen molar-refractivity contribution in [3.8, 4) is 0 Å². The maximum atomic E-state index is 9.07. The van der Waals surface area contributed by atoms with Crippen LogP contribution in [0.25, 0.3) is 10.1 Å². The minimum atomic E-state index is 0.110. The minimum Gasteiger partial charge on any atom is -0.391 e. The molecule has 13 heavy (non-hydrogen) atoms. The molecule has 0 aliphatic carbocycles. The van der Waals surface area contributed by atoms with Crippen molar-refractivity contribution in [1.82, 2.24) is 0 Å². The highest BCUT2D eigenvalue weighted by Crippen LogP contribution is 2.35. The monoisotopic (exact) mass is 256 g/mol. The van der Waals surface area contributed by atoms with Gasteiger partial charge in [0.25, 0.3) is 0 Å². The van der Waals surface area contributed by atoms with Gasteiger partial charge in [-0.1, -0.05) is 12.1 Å². The highest BCUT2D eigenvalue weighted by Gasteiger charge is 2.07. The lowest BCUT2D eigenvalue weighted by atomic mass is 10.2. The summed E-state index contributed by atoms with van der Waals surface area (Å²) in [5, 5.41) is 10.3. The summed E-state index contributed by atoms with van der Waals surface area (Å²) in [6.45, 7) is 2.19. The van der Waals surface area contributed by atoms with E-state index in [9.17, 15) is 0 Å². The molecule has 1 heterocycles. The number of aliphatic hydroxyl groups is 1. The zero-order valence-corrected chi connectivity index (χ0v) is 9.58. The average molecular weight is 257 g/mol. The smallest absolute Gasteiger partial charge is 0.0786 e. The van der Waals surface area contributed by atoms with Crippen molar-refractivity contribution in [2.45, 2.75) is 13.5 Å². The Morgan fingerprint density at radius 1 is 1.46 bits per heavy atom. The van der Waals surface area contributed by atoms with Gasteiger partial charge in [-0.15, -0.1) is 11.3 Å². The van der Waals surface area contributed by atoms with Gasteiger partial charge >= 0.3 is 0 Å². The summed E-state index contributed by atoms with van der Waals surface area (Å²) in [5.74, 6) is 0. The minimum absolute atomic E-state index is 0.110. The summed E-state index contributed by atoms with van der Waals surface area (Å²) < 4.78 is 2.27. The van der Waals surface area contributed by atoms with Crippen LogP contribution in [0.4, 0.5) is 0 Å². The number of rotatable bonds is 1. The maximum absolute atomic E-state index is 9.07. The van der Waals surface area contributed by atoms with Crippen molar-refractivity contribution in [1.29, 1.82) is 0 Å². The van der Waals surface area contributed by atoms with Crippen LogP contribution in [-0.4, -0.2) is 5.11 Å². The molecule has 68 valence electrons. The van der Waals surface area contributed by atoms with Crippen molar-refractivity contribution < 1.29 is 5.11 Å². The van der Waals surface area contributed by atoms with Crippen LogP contribution in [0.2, 0.25) is 0 Å². The molecule has 2 rings (SSSR count). The number of halogens is 1. The molecular weight excluding hydrogens is 248 g/mol. The van der Waals surface area contributed by atoms with E-state index in [2.05, 4.69) is 41.1 Å². The second-order valence-corrected chi connectivity index (χ2v) is 4.93. The number of hydrogen-bond donors (Lipinski definition) is 1. The first kappa shape index (κ1) is 9.19. The quantitative estimate of drug-likeness (QED) is 0.829. The number of aliphatic hydroxyl groups excluding tert-OH is 1. The van der Waals surface area contributed by atoms with Crippen molar-refractivity contribution in [3.05, 3.63) is 33.1 Å². The first-order chi connectivity index (χ1) is 6.22. The standard InChI is InChI=1S/C10H9BrOS/c1-6-2-3-7-8(4-6)13-9(5-12)10(7)11/h2-4,12H,5H2,1H3. The van der Waals surface area contributed by atoms with Crippen LogP contribution in [0.3, 0.4) is 0 Å². The van der Waals surface area contributed by atoms with Gasteiger partial charge < -0.3 is 5.11 Å². The van der Waals surface area contributed by atoms with Gasteiger partial charge in [-0.3, -0.25) is 0 Å². The van der Waals surface area contributed by atoms with Crippen molar-refractivity contribution >= 4 is 37.4 Å². The molecule has 1 nitrogen and oxygen atoms in total. The third kappa shape index (κ3) is 1.52. The normalized spacial score (nSPS) is 11.0. The Morgan fingerprint density at radius 2 is 2.23 bits per heavy atom. The molecule has 0 amide bonds. The Morgan fingerprint density at radius 3 is 2.92 bits per heavy atom. The summed E-state index contributed by atoms with van der Waals surface area (Å²) in [5.41, 5.74) is 1.26. The van der Waals surface area contributed by atoms with E-state index in [0.29, 0.717) is 0 Å². The second-order valence-electron chi connectivity index (χ2n) is 3.00. The van der Waals surface area contributed by atoms with E-state index in [4.69, 9.17) is 5.11 Å². The molecule has 1 N–H and O–H groups in total. The summed E-state index contributed by atoms with van der Waals surface area (Å²) >= 11 is 5.13. The summed E-state index contributed by atoms with van der Waals surface area (Å²) in [4.78, 5) is 1.00. The Bertz CT molecular complexity index is 447. The molecule has 0 atom stereocenters. The molecule has 0 saturated heterocycles. The van der Waals surface area contributed by atoms with Gasteiger partial charge in [0.2, 0.25) is 0 Å². The van der Waals surface area contributed by atoms with E-state index in [1.165, 1.54) is 15.6 Å². The maximum Gasteiger partial charge on any atom is 0.0786 e. The number of hydrogen-bond acceptors (Lipinski definition) is 2. The zero-order chi connectivity index (χ0) is 9.42. The molecule has 0 radical (unpaired) electrons. The second kappa shape index (κ2) is 3.40. The van der Waals surface area contributed by atoms with Gasteiger partial charge in [0.1, 0.15) is 0 Å². The molecule has 1 aromatic carbocycles. The van der Waals surface area contributed by atoms with E-state index in [0.717, 1.165) is 9.35 Å². The Kier molecular flexibility index (Phi) is 2.41. The molecular formula is C10H9BrOS. The number of fused-ring (bicyclic) bond motifs is 1. The molecule has 0 aliphatic heterocycles. The zero-order valence-electron chi connectivity index (χ0n) is 7.17. The van der Waals surface area contributed by atoms with E-state index >= 15 is 0 Å². The van der Waals surface area contributed by atoms with Gasteiger partial charge in [-0.2, -0.15) is 0 Å². The van der Waals surface area contributed by atoms with Gasteiger partial charge in [-0.25, -0.2) is 0 Å². The first-order valence-corrected chi connectivity index (χ1v) is 5.61. The average Bonchev–Trinajstić information content (AvgIpc) is 2.42. The molecule has 3 heteroatoms. The van der Waals surface area contributed by atoms with E-state index in [-0.39, 0.29) is 6.61 Å². The van der Waals surface area contributed by atoms with Crippen molar-refractivity contribution in [2.75, 3.05) is 0 Å². The Hall–Kier alpha value is -0.380. The number of thiophene rings is 1. The van der Waals surface area contributed by atoms with Crippen LogP contribution in [0.15, 0.2) is 22.7 Å². The molecule has 0 spiro atoms. The van der Waals surface area contributed by atoms with Gasteiger partial charge in [0.15, 0.2) is 0 Å². The third-order valence-corrected chi connectivity index (χ3v) is 4.30. The number of aryl methyl sites for hydroxylation is 1. The Labute approximate surface area is 89.1 Å². The fourth-order valence-electron chi connectivity index (χ4n) is 1.32. The summed E-state index contributed by atoms with van der Waals surface area (Å²) in [6.07, 6.45) is 0. The van der Waals surface area contributed by atoms with Crippen LogP contribution >= 0.6 is 27.3 Å². The molecule has 0 aliphatic rings. The van der Waals surface area contributed by atoms with Gasteiger partial charge in [0.05, 0.1) is 6.61 Å². The lowest BCUT2D eigenvalue weighted by molar-refractivity contribution is 0.285. The third-order valence-electron chi connectivity index (χ3n) is 2.00. The van der Waals surface area contributed by atoms with Crippen LogP contribution in [0.1, 0.15) is 10.4 Å². The van der Waals surface area contributed by atoms with Crippen LogP contribution in [0.5, 0.6) is 0 Å². The highest BCUT2D eigenvalue weighted by molar-refractivity contribution is 9.10. The van der Waals surface area contributed by atoms with Crippen molar-refractivity contribution in [3.63, 3.8) is 0 Å².